The zero-order chi connectivity index (χ0) is 21.6. The number of oxazole rings is 1. The van der Waals surface area contributed by atoms with Crippen LogP contribution in [0.1, 0.15) is 38.8 Å². The zero-order valence-corrected chi connectivity index (χ0v) is 18.2. The van der Waals surface area contributed by atoms with Crippen LogP contribution < -0.4 is 5.32 Å². The lowest BCUT2D eigenvalue weighted by Gasteiger charge is -2.30. The number of nitrogens with one attached hydrogen (secondary N) is 1. The van der Waals surface area contributed by atoms with E-state index in [1.807, 2.05) is 13.0 Å². The van der Waals surface area contributed by atoms with Gasteiger partial charge in [-0.3, -0.25) is 0 Å². The summed E-state index contributed by atoms with van der Waals surface area (Å²) in [5.41, 5.74) is 0.778. The van der Waals surface area contributed by atoms with E-state index in [1.165, 1.54) is 0 Å². The minimum absolute atomic E-state index is 0.167. The Morgan fingerprint density at radius 1 is 1.37 bits per heavy atom. The molecular weight excluding hydrogens is 404 g/mol. The summed E-state index contributed by atoms with van der Waals surface area (Å²) in [7, 11) is -3.52. The number of anilines is 1. The summed E-state index contributed by atoms with van der Waals surface area (Å²) in [5, 5.41) is 12.4. The number of benzene rings is 1. The zero-order valence-electron chi connectivity index (χ0n) is 17.4. The van der Waals surface area contributed by atoms with E-state index in [2.05, 4.69) is 17.2 Å². The fraction of sp³-hybridized carbons (Fsp3) is 0.524. The molecule has 1 aromatic carbocycles. The van der Waals surface area contributed by atoms with Gasteiger partial charge in [0.2, 0.25) is 27.5 Å². The van der Waals surface area contributed by atoms with Gasteiger partial charge in [0.1, 0.15) is 6.07 Å². The smallest absolute Gasteiger partial charge is 0.243 e. The van der Waals surface area contributed by atoms with Gasteiger partial charge in [-0.15, -0.1) is 0 Å². The highest BCUT2D eigenvalue weighted by Gasteiger charge is 2.28. The van der Waals surface area contributed by atoms with Gasteiger partial charge in [-0.25, -0.2) is 8.42 Å². The molecule has 0 bridgehead atoms. The maximum Gasteiger partial charge on any atom is 0.243 e. The van der Waals surface area contributed by atoms with Crippen molar-refractivity contribution in [2.75, 3.05) is 38.2 Å². The molecule has 3 rings (SSSR count). The minimum atomic E-state index is -3.52. The van der Waals surface area contributed by atoms with E-state index in [4.69, 9.17) is 9.15 Å². The van der Waals surface area contributed by atoms with E-state index in [0.717, 1.165) is 19.3 Å². The third-order valence-electron chi connectivity index (χ3n) is 5.05. The van der Waals surface area contributed by atoms with E-state index < -0.39 is 10.0 Å². The first-order valence-electron chi connectivity index (χ1n) is 10.3. The number of hydrogen-bond acceptors (Lipinski definition) is 7. The molecule has 0 amide bonds. The van der Waals surface area contributed by atoms with Crippen molar-refractivity contribution in [1.29, 1.82) is 5.26 Å². The lowest BCUT2D eigenvalue weighted by atomic mass is 10.0. The second-order valence-electron chi connectivity index (χ2n) is 7.42. The highest BCUT2D eigenvalue weighted by molar-refractivity contribution is 7.89. The highest BCUT2D eigenvalue weighted by Crippen LogP contribution is 2.28. The second-order valence-corrected chi connectivity index (χ2v) is 9.36. The summed E-state index contributed by atoms with van der Waals surface area (Å²) in [5.74, 6) is 0.946. The van der Waals surface area contributed by atoms with E-state index in [1.54, 1.807) is 28.6 Å². The maximum absolute atomic E-state index is 12.9. The maximum atomic E-state index is 12.9. The molecule has 1 aromatic heterocycles. The van der Waals surface area contributed by atoms with E-state index in [0.29, 0.717) is 50.2 Å². The van der Waals surface area contributed by atoms with E-state index in [9.17, 15) is 13.7 Å². The molecule has 8 nitrogen and oxygen atoms in total. The Kier molecular flexibility index (Phi) is 7.48. The van der Waals surface area contributed by atoms with Crippen LogP contribution in [-0.4, -0.2) is 50.6 Å². The first-order chi connectivity index (χ1) is 14.5. The molecule has 1 fully saturated rings. The summed E-state index contributed by atoms with van der Waals surface area (Å²) >= 11 is 0. The average Bonchev–Trinajstić information content (AvgIpc) is 3.17. The number of aromatic nitrogens is 1. The molecule has 1 N–H and O–H groups in total. The lowest BCUT2D eigenvalue weighted by molar-refractivity contribution is 0.147. The predicted molar refractivity (Wildman–Crippen MR) is 113 cm³/mol. The predicted octanol–water partition coefficient (Wildman–Crippen LogP) is 3.47. The third-order valence-corrected chi connectivity index (χ3v) is 6.93. The van der Waals surface area contributed by atoms with Gasteiger partial charge in [0.15, 0.2) is 0 Å². The van der Waals surface area contributed by atoms with Gasteiger partial charge < -0.3 is 14.5 Å². The van der Waals surface area contributed by atoms with Crippen molar-refractivity contribution < 1.29 is 17.6 Å². The molecule has 162 valence electrons. The van der Waals surface area contributed by atoms with Gasteiger partial charge in [0.05, 0.1) is 4.90 Å². The van der Waals surface area contributed by atoms with Crippen LogP contribution in [0.2, 0.25) is 0 Å². The van der Waals surface area contributed by atoms with Crippen molar-refractivity contribution >= 4 is 15.9 Å². The Balaban J connectivity index is 1.72. The summed E-state index contributed by atoms with van der Waals surface area (Å²) < 4.78 is 38.4. The Morgan fingerprint density at radius 2 is 2.13 bits per heavy atom. The van der Waals surface area contributed by atoms with Crippen molar-refractivity contribution in [3.05, 3.63) is 30.0 Å². The molecule has 1 aliphatic heterocycles. The molecule has 0 aliphatic carbocycles. The van der Waals surface area contributed by atoms with Crippen molar-refractivity contribution in [1.82, 2.24) is 9.29 Å². The molecule has 2 heterocycles. The molecule has 0 saturated carbocycles. The molecule has 9 heteroatoms. The molecule has 30 heavy (non-hydrogen) atoms. The first-order valence-corrected chi connectivity index (χ1v) is 11.7. The molecular formula is C21H28N4O4S. The van der Waals surface area contributed by atoms with Crippen LogP contribution in [0.3, 0.4) is 0 Å². The summed E-state index contributed by atoms with van der Waals surface area (Å²) in [6, 6.07) is 8.47. The molecule has 1 saturated heterocycles. The van der Waals surface area contributed by atoms with Gasteiger partial charge in [-0.2, -0.15) is 14.6 Å². The van der Waals surface area contributed by atoms with E-state index in [-0.39, 0.29) is 16.5 Å². The summed E-state index contributed by atoms with van der Waals surface area (Å²) in [4.78, 5) is 4.48. The quantitative estimate of drug-likeness (QED) is 0.604. The number of nitrogens with zero attached hydrogens (tertiary/aromatic N) is 3. The SMILES string of the molecule is CCOCCCNc1oc(-c2ccc(S(=O)(=O)N3CCC[C@H](C)C3)cc2)nc1C#N. The van der Waals surface area contributed by atoms with Crippen molar-refractivity contribution in [3.8, 4) is 17.5 Å². The molecule has 1 atom stereocenters. The Hall–Kier alpha value is -2.41. The number of sulfonamides is 1. The molecule has 1 aliphatic rings. The number of rotatable bonds is 9. The topological polar surface area (TPSA) is 108 Å². The molecule has 2 aromatic rings. The van der Waals surface area contributed by atoms with Crippen LogP contribution in [0.25, 0.3) is 11.5 Å². The van der Waals surface area contributed by atoms with Crippen molar-refractivity contribution in [3.63, 3.8) is 0 Å². The van der Waals surface area contributed by atoms with Crippen LogP contribution in [0, 0.1) is 17.2 Å². The van der Waals surface area contributed by atoms with Gasteiger partial charge in [-0.05, 0) is 56.4 Å². The minimum Gasteiger partial charge on any atom is -0.419 e. The number of hydrogen-bond donors (Lipinski definition) is 1. The van der Waals surface area contributed by atoms with Crippen LogP contribution in [0.4, 0.5) is 5.88 Å². The van der Waals surface area contributed by atoms with Crippen LogP contribution in [0.5, 0.6) is 0 Å². The molecule has 0 spiro atoms. The Bertz CT molecular complexity index is 979. The average molecular weight is 433 g/mol. The first kappa shape index (κ1) is 22.3. The Labute approximate surface area is 177 Å². The van der Waals surface area contributed by atoms with Gasteiger partial charge >= 0.3 is 0 Å². The monoisotopic (exact) mass is 432 g/mol. The standard InChI is InChI=1S/C21H28N4O4S/c1-3-28-13-5-11-23-21-19(14-22)24-20(29-21)17-7-9-18(10-8-17)30(26,27)25-12-4-6-16(2)15-25/h7-10,16,23H,3-6,11-13,15H2,1-2H3/t16-/m0/s1. The third kappa shape index (κ3) is 5.19. The summed E-state index contributed by atoms with van der Waals surface area (Å²) in [6.07, 6.45) is 2.71. The Morgan fingerprint density at radius 3 is 2.80 bits per heavy atom. The molecule has 0 unspecified atom stereocenters. The lowest BCUT2D eigenvalue weighted by Crippen LogP contribution is -2.39. The fourth-order valence-corrected chi connectivity index (χ4v) is 5.04. The highest BCUT2D eigenvalue weighted by atomic mass is 32.2. The number of nitriles is 1. The number of piperidine rings is 1. The van der Waals surface area contributed by atoms with E-state index >= 15 is 0 Å². The van der Waals surface area contributed by atoms with Crippen LogP contribution in [0.15, 0.2) is 33.6 Å². The van der Waals surface area contributed by atoms with Crippen molar-refractivity contribution in [2.45, 2.75) is 38.0 Å². The normalized spacial score (nSPS) is 17.6. The second kappa shape index (κ2) is 10.1. The fourth-order valence-electron chi connectivity index (χ4n) is 3.44. The summed E-state index contributed by atoms with van der Waals surface area (Å²) in [6.45, 7) is 6.99. The molecule has 0 radical (unpaired) electrons. The van der Waals surface area contributed by atoms with Crippen LogP contribution in [-0.2, 0) is 14.8 Å². The van der Waals surface area contributed by atoms with Crippen molar-refractivity contribution in [2.24, 2.45) is 5.92 Å². The van der Waals surface area contributed by atoms with Gasteiger partial charge in [-0.1, -0.05) is 6.92 Å². The number of ether oxygens (including phenoxy) is 1. The van der Waals surface area contributed by atoms with Crippen LogP contribution >= 0.6 is 0 Å². The van der Waals surface area contributed by atoms with Gasteiger partial charge in [0.25, 0.3) is 0 Å². The van der Waals surface area contributed by atoms with Gasteiger partial charge in [0, 0.05) is 38.4 Å². The largest absolute Gasteiger partial charge is 0.419 e.